The first-order chi connectivity index (χ1) is 9.70. The Labute approximate surface area is 117 Å². The Kier molecular flexibility index (Phi) is 2.51. The summed E-state index contributed by atoms with van der Waals surface area (Å²) in [5.74, 6) is -0.632. The molecular weight excluding hydrogens is 254 g/mol. The minimum absolute atomic E-state index is 0.0404. The largest absolute Gasteiger partial charge is 0.373 e. The lowest BCUT2D eigenvalue weighted by Crippen LogP contribution is -2.34. The third-order valence-corrected chi connectivity index (χ3v) is 4.89. The Balaban J connectivity index is 1.69. The van der Waals surface area contributed by atoms with Crippen molar-refractivity contribution in [1.29, 1.82) is 0 Å². The fourth-order valence-electron chi connectivity index (χ4n) is 3.85. The van der Waals surface area contributed by atoms with Gasteiger partial charge in [0.2, 0.25) is 11.8 Å². The molecule has 0 spiro atoms. The molecule has 0 saturated carbocycles. The molecule has 4 rings (SSSR count). The molecule has 1 aromatic carbocycles. The lowest BCUT2D eigenvalue weighted by Gasteiger charge is -2.17. The van der Waals surface area contributed by atoms with Crippen molar-refractivity contribution in [2.24, 2.45) is 11.8 Å². The number of ether oxygens (including phenoxy) is 1. The molecule has 3 saturated heterocycles. The highest BCUT2D eigenvalue weighted by atomic mass is 16.5. The van der Waals surface area contributed by atoms with Crippen LogP contribution in [0.25, 0.3) is 0 Å². The van der Waals surface area contributed by atoms with Crippen LogP contribution < -0.4 is 4.90 Å². The van der Waals surface area contributed by atoms with Crippen LogP contribution in [-0.4, -0.2) is 24.0 Å². The normalized spacial score (nSPS) is 35.0. The third kappa shape index (κ3) is 1.45. The van der Waals surface area contributed by atoms with Crippen molar-refractivity contribution in [3.8, 4) is 0 Å². The first kappa shape index (κ1) is 12.1. The Hall–Kier alpha value is -1.68. The molecule has 0 aliphatic carbocycles. The van der Waals surface area contributed by atoms with E-state index in [1.807, 2.05) is 24.3 Å². The van der Waals surface area contributed by atoms with Crippen molar-refractivity contribution < 1.29 is 14.3 Å². The number of carbonyl (C=O) groups excluding carboxylic acids is 2. The molecule has 3 fully saturated rings. The van der Waals surface area contributed by atoms with Gasteiger partial charge in [0, 0.05) is 0 Å². The van der Waals surface area contributed by atoms with Crippen LogP contribution in [0.5, 0.6) is 0 Å². The fraction of sp³-hybridized carbons (Fsp3) is 0.500. The number of aryl methyl sites for hydroxylation is 1. The van der Waals surface area contributed by atoms with Gasteiger partial charge in [-0.05, 0) is 37.0 Å². The van der Waals surface area contributed by atoms with Gasteiger partial charge in [-0.2, -0.15) is 0 Å². The van der Waals surface area contributed by atoms with Gasteiger partial charge in [-0.25, -0.2) is 4.90 Å². The van der Waals surface area contributed by atoms with E-state index in [0.29, 0.717) is 5.69 Å². The van der Waals surface area contributed by atoms with E-state index in [2.05, 4.69) is 6.92 Å². The minimum atomic E-state index is -0.243. The van der Waals surface area contributed by atoms with Gasteiger partial charge in [0.15, 0.2) is 0 Å². The van der Waals surface area contributed by atoms with E-state index in [1.165, 1.54) is 10.5 Å². The topological polar surface area (TPSA) is 46.6 Å². The molecule has 104 valence electrons. The molecule has 0 unspecified atom stereocenters. The molecular formula is C16H17NO3. The van der Waals surface area contributed by atoms with Crippen molar-refractivity contribution in [3.05, 3.63) is 29.8 Å². The number of nitrogens with zero attached hydrogens (tertiary/aromatic N) is 1. The molecule has 3 aliphatic heterocycles. The zero-order chi connectivity index (χ0) is 13.9. The van der Waals surface area contributed by atoms with E-state index in [9.17, 15) is 9.59 Å². The summed E-state index contributed by atoms with van der Waals surface area (Å²) in [5, 5.41) is 0. The number of fused-ring (bicyclic) bond motifs is 5. The maximum Gasteiger partial charge on any atom is 0.240 e. The lowest BCUT2D eigenvalue weighted by molar-refractivity contribution is -0.124. The summed E-state index contributed by atoms with van der Waals surface area (Å²) >= 11 is 0. The van der Waals surface area contributed by atoms with E-state index >= 15 is 0 Å². The Bertz CT molecular complexity index is 552. The maximum absolute atomic E-state index is 12.6. The summed E-state index contributed by atoms with van der Waals surface area (Å²) in [6, 6.07) is 7.71. The molecule has 4 heteroatoms. The van der Waals surface area contributed by atoms with Crippen LogP contribution in [0.4, 0.5) is 5.69 Å². The van der Waals surface area contributed by atoms with Crippen LogP contribution in [0.1, 0.15) is 25.3 Å². The van der Waals surface area contributed by atoms with Crippen molar-refractivity contribution in [2.45, 2.75) is 38.4 Å². The lowest BCUT2D eigenvalue weighted by atomic mass is 9.81. The molecule has 0 N–H and O–H groups in total. The number of amides is 2. The average Bonchev–Trinajstić information content (AvgIpc) is 3.14. The van der Waals surface area contributed by atoms with Gasteiger partial charge >= 0.3 is 0 Å². The van der Waals surface area contributed by atoms with E-state index in [1.54, 1.807) is 0 Å². The van der Waals surface area contributed by atoms with Crippen LogP contribution in [0.15, 0.2) is 24.3 Å². The smallest absolute Gasteiger partial charge is 0.240 e. The maximum atomic E-state index is 12.6. The van der Waals surface area contributed by atoms with Crippen molar-refractivity contribution in [3.63, 3.8) is 0 Å². The predicted octanol–water partition coefficient (Wildman–Crippen LogP) is 1.92. The molecule has 3 aliphatic rings. The molecule has 2 bridgehead atoms. The SMILES string of the molecule is CCc1ccc(N2C(=O)[C@@H]3[C@@H](C2=O)[C@@H]2CC[C@@H]3O2)cc1. The first-order valence-corrected chi connectivity index (χ1v) is 7.33. The second kappa shape index (κ2) is 4.16. The van der Waals surface area contributed by atoms with Gasteiger partial charge in [0.1, 0.15) is 0 Å². The quantitative estimate of drug-likeness (QED) is 0.772. The third-order valence-electron chi connectivity index (χ3n) is 4.89. The summed E-state index contributed by atoms with van der Waals surface area (Å²) in [6.45, 7) is 2.08. The summed E-state index contributed by atoms with van der Waals surface area (Å²) < 4.78 is 5.73. The van der Waals surface area contributed by atoms with Gasteiger partial charge in [-0.3, -0.25) is 9.59 Å². The van der Waals surface area contributed by atoms with Crippen LogP contribution in [-0.2, 0) is 20.7 Å². The molecule has 4 nitrogen and oxygen atoms in total. The summed E-state index contributed by atoms with van der Waals surface area (Å²) in [5.41, 5.74) is 1.91. The van der Waals surface area contributed by atoms with Crippen LogP contribution in [0, 0.1) is 11.8 Å². The standard InChI is InChI=1S/C16H17NO3/c1-2-9-3-5-10(6-4-9)17-15(18)13-11-7-8-12(20-11)14(13)16(17)19/h3-6,11-14H,2,7-8H2,1H3/t11-,12-,13-,14-/m0/s1. The van der Waals surface area contributed by atoms with Crippen LogP contribution >= 0.6 is 0 Å². The molecule has 4 atom stereocenters. The van der Waals surface area contributed by atoms with Gasteiger partial charge in [-0.1, -0.05) is 19.1 Å². The van der Waals surface area contributed by atoms with Crippen LogP contribution in [0.3, 0.4) is 0 Å². The Morgan fingerprint density at radius 2 is 1.60 bits per heavy atom. The van der Waals surface area contributed by atoms with Crippen molar-refractivity contribution in [1.82, 2.24) is 0 Å². The summed E-state index contributed by atoms with van der Waals surface area (Å²) in [6.07, 6.45) is 2.69. The highest BCUT2D eigenvalue weighted by Gasteiger charge is 2.62. The molecule has 20 heavy (non-hydrogen) atoms. The van der Waals surface area contributed by atoms with E-state index < -0.39 is 0 Å². The molecule has 0 radical (unpaired) electrons. The number of imide groups is 1. The van der Waals surface area contributed by atoms with E-state index in [0.717, 1.165) is 19.3 Å². The predicted molar refractivity (Wildman–Crippen MR) is 73.2 cm³/mol. The highest BCUT2D eigenvalue weighted by Crippen LogP contribution is 2.49. The highest BCUT2D eigenvalue weighted by molar-refractivity contribution is 6.22. The number of anilines is 1. The number of hydrogen-bond donors (Lipinski definition) is 0. The number of benzene rings is 1. The molecule has 2 amide bonds. The summed E-state index contributed by atoms with van der Waals surface area (Å²) in [4.78, 5) is 26.5. The molecule has 1 aromatic rings. The van der Waals surface area contributed by atoms with Crippen molar-refractivity contribution >= 4 is 17.5 Å². The second-order valence-electron chi connectivity index (χ2n) is 5.87. The fourth-order valence-corrected chi connectivity index (χ4v) is 3.85. The monoisotopic (exact) mass is 271 g/mol. The van der Waals surface area contributed by atoms with E-state index in [-0.39, 0.29) is 35.9 Å². The minimum Gasteiger partial charge on any atom is -0.373 e. The summed E-state index contributed by atoms with van der Waals surface area (Å²) in [7, 11) is 0. The molecule has 0 aromatic heterocycles. The first-order valence-electron chi connectivity index (χ1n) is 7.33. The van der Waals surface area contributed by atoms with Gasteiger partial charge < -0.3 is 4.74 Å². The van der Waals surface area contributed by atoms with Gasteiger partial charge in [0.25, 0.3) is 0 Å². The Morgan fingerprint density at radius 1 is 1.05 bits per heavy atom. The van der Waals surface area contributed by atoms with Gasteiger partial charge in [-0.15, -0.1) is 0 Å². The molecule has 3 heterocycles. The average molecular weight is 271 g/mol. The Morgan fingerprint density at radius 3 is 2.10 bits per heavy atom. The zero-order valence-corrected chi connectivity index (χ0v) is 11.4. The number of rotatable bonds is 2. The number of carbonyl (C=O) groups is 2. The van der Waals surface area contributed by atoms with Gasteiger partial charge in [0.05, 0.1) is 29.7 Å². The van der Waals surface area contributed by atoms with E-state index in [4.69, 9.17) is 4.74 Å². The zero-order valence-electron chi connectivity index (χ0n) is 11.4. The second-order valence-corrected chi connectivity index (χ2v) is 5.87. The van der Waals surface area contributed by atoms with Crippen molar-refractivity contribution in [2.75, 3.05) is 4.90 Å². The van der Waals surface area contributed by atoms with Crippen LogP contribution in [0.2, 0.25) is 0 Å². The number of hydrogen-bond acceptors (Lipinski definition) is 3.